The van der Waals surface area contributed by atoms with E-state index < -0.39 is 0 Å². The summed E-state index contributed by atoms with van der Waals surface area (Å²) in [5, 5.41) is 10.4. The summed E-state index contributed by atoms with van der Waals surface area (Å²) in [6.45, 7) is 13.3. The minimum absolute atomic E-state index is 0.247. The van der Waals surface area contributed by atoms with Crippen LogP contribution in [-0.2, 0) is 0 Å². The van der Waals surface area contributed by atoms with Crippen LogP contribution in [0.2, 0.25) is 0 Å². The molecule has 0 aliphatic carbocycles. The van der Waals surface area contributed by atoms with Crippen molar-refractivity contribution < 1.29 is 9.47 Å². The molecule has 1 aliphatic rings. The Morgan fingerprint density at radius 2 is 2.03 bits per heavy atom. The molecule has 1 saturated heterocycles. The van der Waals surface area contributed by atoms with E-state index in [0.29, 0.717) is 23.3 Å². The van der Waals surface area contributed by atoms with Gasteiger partial charge in [-0.05, 0) is 50.5 Å². The van der Waals surface area contributed by atoms with Crippen LogP contribution in [0.1, 0.15) is 19.8 Å². The number of benzene rings is 1. The lowest BCUT2D eigenvalue weighted by molar-refractivity contribution is 0.145. The van der Waals surface area contributed by atoms with Crippen molar-refractivity contribution >= 4 is 17.5 Å². The predicted molar refractivity (Wildman–Crippen MR) is 122 cm³/mol. The van der Waals surface area contributed by atoms with Crippen LogP contribution in [0.5, 0.6) is 11.5 Å². The molecular weight excluding hydrogens is 406 g/mol. The maximum atomic E-state index is 6.94. The number of aromatic amines is 1. The van der Waals surface area contributed by atoms with Gasteiger partial charge in [-0.15, -0.1) is 4.98 Å². The smallest absolute Gasteiger partial charge is 0.288 e. The Hall–Kier alpha value is -3.64. The maximum absolute atomic E-state index is 6.94. The van der Waals surface area contributed by atoms with Gasteiger partial charge in [-0.3, -0.25) is 5.10 Å². The Bertz CT molecular complexity index is 1070. The van der Waals surface area contributed by atoms with Crippen molar-refractivity contribution in [3.05, 3.63) is 48.1 Å². The van der Waals surface area contributed by atoms with E-state index in [-0.39, 0.29) is 5.82 Å². The van der Waals surface area contributed by atoms with Crippen molar-refractivity contribution in [2.24, 2.45) is 5.92 Å². The summed E-state index contributed by atoms with van der Waals surface area (Å²) in [6.07, 6.45) is 5.27. The first-order valence-electron chi connectivity index (χ1n) is 10.7. The lowest BCUT2D eigenvalue weighted by Gasteiger charge is -2.30. The summed E-state index contributed by atoms with van der Waals surface area (Å²) in [5.41, 5.74) is 1.68. The van der Waals surface area contributed by atoms with Gasteiger partial charge in [0.25, 0.3) is 5.82 Å². The van der Waals surface area contributed by atoms with Crippen LogP contribution in [0.4, 0.5) is 17.5 Å². The third-order valence-electron chi connectivity index (χ3n) is 5.69. The Balaban J connectivity index is 1.40. The molecule has 3 aromatic rings. The summed E-state index contributed by atoms with van der Waals surface area (Å²) in [7, 11) is 1.65. The van der Waals surface area contributed by atoms with Crippen molar-refractivity contribution in [1.29, 1.82) is 0 Å². The van der Waals surface area contributed by atoms with E-state index in [4.69, 9.17) is 16.0 Å². The molecule has 2 N–H and O–H groups in total. The number of ether oxygens (including phenoxy) is 2. The highest BCUT2D eigenvalue weighted by Gasteiger charge is 2.19. The van der Waals surface area contributed by atoms with E-state index in [9.17, 15) is 0 Å². The van der Waals surface area contributed by atoms with E-state index >= 15 is 0 Å². The fraction of sp³-hybridized carbons (Fsp3) is 0.391. The molecule has 1 fully saturated rings. The van der Waals surface area contributed by atoms with Gasteiger partial charge >= 0.3 is 0 Å². The first kappa shape index (κ1) is 21.6. The number of anilines is 2. The van der Waals surface area contributed by atoms with E-state index in [2.05, 4.69) is 42.2 Å². The fourth-order valence-corrected chi connectivity index (χ4v) is 3.77. The third kappa shape index (κ3) is 5.15. The molecule has 2 aromatic heterocycles. The van der Waals surface area contributed by atoms with Gasteiger partial charge in [-0.25, -0.2) is 4.98 Å². The quantitative estimate of drug-likeness (QED) is 0.512. The number of likely N-dealkylation sites (tertiary alicyclic amines) is 1. The Kier molecular flexibility index (Phi) is 6.82. The van der Waals surface area contributed by atoms with E-state index in [0.717, 1.165) is 43.2 Å². The lowest BCUT2D eigenvalue weighted by atomic mass is 9.98. The van der Waals surface area contributed by atoms with Crippen molar-refractivity contribution in [1.82, 2.24) is 25.1 Å². The summed E-state index contributed by atoms with van der Waals surface area (Å²) >= 11 is 0. The Labute approximate surface area is 187 Å². The number of piperidine rings is 1. The minimum Gasteiger partial charge on any atom is -0.496 e. The summed E-state index contributed by atoms with van der Waals surface area (Å²) in [4.78, 5) is 13.9. The largest absolute Gasteiger partial charge is 0.496 e. The molecule has 1 aliphatic heterocycles. The molecule has 0 unspecified atom stereocenters. The fourth-order valence-electron chi connectivity index (χ4n) is 3.77. The number of H-pyrrole nitrogens is 1. The van der Waals surface area contributed by atoms with Crippen LogP contribution in [0, 0.1) is 12.5 Å². The number of nitrogens with zero attached hydrogens (tertiary/aromatic N) is 5. The molecule has 1 aromatic carbocycles. The zero-order valence-corrected chi connectivity index (χ0v) is 18.3. The maximum Gasteiger partial charge on any atom is 0.288 e. The molecule has 0 radical (unpaired) electrons. The van der Waals surface area contributed by atoms with Gasteiger partial charge in [0.1, 0.15) is 11.5 Å². The monoisotopic (exact) mass is 433 g/mol. The predicted octanol–water partition coefficient (Wildman–Crippen LogP) is 4.28. The molecular formula is C23H27N7O2. The van der Waals surface area contributed by atoms with Crippen molar-refractivity contribution in [2.45, 2.75) is 19.8 Å². The first-order chi connectivity index (χ1) is 15.7. The minimum atomic E-state index is 0.247. The van der Waals surface area contributed by atoms with Gasteiger partial charge < -0.3 is 24.5 Å². The first-order valence-corrected chi connectivity index (χ1v) is 10.7. The molecule has 32 heavy (non-hydrogen) atoms. The van der Waals surface area contributed by atoms with Crippen LogP contribution < -0.4 is 14.8 Å². The number of rotatable bonds is 8. The van der Waals surface area contributed by atoms with E-state index in [1.54, 1.807) is 7.11 Å². The normalized spacial score (nSPS) is 14.7. The van der Waals surface area contributed by atoms with Crippen LogP contribution in [0.15, 0.2) is 36.7 Å². The van der Waals surface area contributed by atoms with Gasteiger partial charge in [0.2, 0.25) is 0 Å². The van der Waals surface area contributed by atoms with Crippen LogP contribution in [-0.4, -0.2) is 58.4 Å². The summed E-state index contributed by atoms with van der Waals surface area (Å²) in [6, 6.07) is 7.71. The van der Waals surface area contributed by atoms with Crippen molar-refractivity contribution in [2.75, 3.05) is 38.7 Å². The highest BCUT2D eigenvalue weighted by atomic mass is 16.5. The second-order valence-electron chi connectivity index (χ2n) is 7.71. The summed E-state index contributed by atoms with van der Waals surface area (Å²) in [5.74, 6) is 3.45. The molecule has 0 spiro atoms. The number of hydrogen-bond donors (Lipinski definition) is 2. The third-order valence-corrected chi connectivity index (χ3v) is 5.69. The Morgan fingerprint density at radius 3 is 2.72 bits per heavy atom. The SMILES string of the molecule is [C-]#[N+]c1cnc(Nc2cc(-c3ccc(OCC4CCN(CC)CC4)cc3OC)[nH]n2)cn1. The van der Waals surface area contributed by atoms with Crippen LogP contribution in [0.3, 0.4) is 0 Å². The lowest BCUT2D eigenvalue weighted by Crippen LogP contribution is -2.35. The zero-order valence-electron chi connectivity index (χ0n) is 18.3. The van der Waals surface area contributed by atoms with Gasteiger partial charge in [0.15, 0.2) is 17.8 Å². The van der Waals surface area contributed by atoms with Gasteiger partial charge in [-0.2, -0.15) is 5.10 Å². The number of methoxy groups -OCH3 is 1. The molecule has 3 heterocycles. The topological polar surface area (TPSA) is 92.6 Å². The van der Waals surface area contributed by atoms with Gasteiger partial charge in [-0.1, -0.05) is 13.5 Å². The van der Waals surface area contributed by atoms with E-state index in [1.165, 1.54) is 25.2 Å². The molecule has 0 bridgehead atoms. The van der Waals surface area contributed by atoms with Gasteiger partial charge in [0, 0.05) is 17.7 Å². The van der Waals surface area contributed by atoms with Crippen LogP contribution >= 0.6 is 0 Å². The average molecular weight is 434 g/mol. The molecule has 166 valence electrons. The molecule has 4 rings (SSSR count). The average Bonchev–Trinajstić information content (AvgIpc) is 3.31. The second-order valence-corrected chi connectivity index (χ2v) is 7.71. The molecule has 9 nitrogen and oxygen atoms in total. The van der Waals surface area contributed by atoms with Crippen molar-refractivity contribution in [3.63, 3.8) is 0 Å². The van der Waals surface area contributed by atoms with Gasteiger partial charge in [0.05, 0.1) is 25.6 Å². The van der Waals surface area contributed by atoms with Crippen LogP contribution in [0.25, 0.3) is 16.1 Å². The molecule has 9 heteroatoms. The summed E-state index contributed by atoms with van der Waals surface area (Å²) < 4.78 is 11.7. The highest BCUT2D eigenvalue weighted by molar-refractivity contribution is 5.71. The molecule has 0 amide bonds. The van der Waals surface area contributed by atoms with Crippen molar-refractivity contribution in [3.8, 4) is 22.8 Å². The number of hydrogen-bond acceptors (Lipinski definition) is 7. The molecule has 0 atom stereocenters. The second kappa shape index (κ2) is 10.1. The number of aromatic nitrogens is 4. The number of nitrogens with one attached hydrogen (secondary N) is 2. The Morgan fingerprint density at radius 1 is 1.19 bits per heavy atom. The zero-order chi connectivity index (χ0) is 22.3. The standard InChI is InChI=1S/C23H27N7O2/c1-4-30-9-7-16(8-10-30)15-32-17-5-6-18(20(11-17)31-3)19-12-21(29-28-19)27-23-14-25-22(24-2)13-26-23/h5-6,11-14,16H,4,7-10,15H2,1,3H3,(H2,26,27,28,29). The molecule has 0 saturated carbocycles. The van der Waals surface area contributed by atoms with E-state index in [1.807, 2.05) is 24.3 Å². The highest BCUT2D eigenvalue weighted by Crippen LogP contribution is 2.34.